The molecule has 0 radical (unpaired) electrons. The van der Waals surface area contributed by atoms with Gasteiger partial charge in [-0.25, -0.2) is 4.79 Å². The topological polar surface area (TPSA) is 108 Å². The van der Waals surface area contributed by atoms with E-state index in [1.807, 2.05) is 5.32 Å². The van der Waals surface area contributed by atoms with Crippen LogP contribution in [0, 0.1) is 10.1 Å². The number of nitro groups is 1. The van der Waals surface area contributed by atoms with E-state index in [2.05, 4.69) is 0 Å². The van der Waals surface area contributed by atoms with Gasteiger partial charge in [0.2, 0.25) is 5.75 Å². The molecule has 0 aliphatic heterocycles. The molecule has 106 valence electrons. The number of nitro benzene ring substituents is 1. The minimum atomic E-state index is -1.12. The number of nitrogens with one attached hydrogen (secondary N) is 1. The van der Waals surface area contributed by atoms with Gasteiger partial charge in [0.05, 0.1) is 17.8 Å². The van der Waals surface area contributed by atoms with Gasteiger partial charge in [-0.05, 0) is 13.0 Å². The third kappa shape index (κ3) is 4.77. The SMILES string of the molecule is CCO/C=C/C(=O)NC(=O)Oc1ccccc1[N+](=O)[O-]. The van der Waals surface area contributed by atoms with Crippen molar-refractivity contribution in [3.8, 4) is 5.75 Å². The summed E-state index contributed by atoms with van der Waals surface area (Å²) >= 11 is 0. The lowest BCUT2D eigenvalue weighted by Gasteiger charge is -2.04. The Morgan fingerprint density at radius 3 is 2.75 bits per heavy atom. The number of ether oxygens (including phenoxy) is 2. The molecule has 1 aromatic carbocycles. The van der Waals surface area contributed by atoms with Gasteiger partial charge in [-0.3, -0.25) is 20.2 Å². The van der Waals surface area contributed by atoms with E-state index in [4.69, 9.17) is 9.47 Å². The van der Waals surface area contributed by atoms with Gasteiger partial charge in [0.15, 0.2) is 0 Å². The molecule has 0 bridgehead atoms. The molecule has 0 saturated heterocycles. The lowest BCUT2D eigenvalue weighted by atomic mass is 10.3. The molecule has 0 spiro atoms. The Bertz CT molecular complexity index is 541. The van der Waals surface area contributed by atoms with E-state index in [-0.39, 0.29) is 11.4 Å². The number of imide groups is 1. The fraction of sp³-hybridized carbons (Fsp3) is 0.167. The van der Waals surface area contributed by atoms with Crippen LogP contribution in [0.2, 0.25) is 0 Å². The van der Waals surface area contributed by atoms with Gasteiger partial charge < -0.3 is 9.47 Å². The summed E-state index contributed by atoms with van der Waals surface area (Å²) < 4.78 is 9.47. The van der Waals surface area contributed by atoms with Gasteiger partial charge >= 0.3 is 11.8 Å². The van der Waals surface area contributed by atoms with Gasteiger partial charge in [0.1, 0.15) is 0 Å². The van der Waals surface area contributed by atoms with Crippen LogP contribution in [0.4, 0.5) is 10.5 Å². The van der Waals surface area contributed by atoms with Crippen molar-refractivity contribution in [2.45, 2.75) is 6.92 Å². The van der Waals surface area contributed by atoms with Crippen LogP contribution < -0.4 is 10.1 Å². The van der Waals surface area contributed by atoms with Crippen LogP contribution in [-0.2, 0) is 9.53 Å². The minimum Gasteiger partial charge on any atom is -0.501 e. The normalized spacial score (nSPS) is 10.1. The molecule has 1 aromatic rings. The van der Waals surface area contributed by atoms with Gasteiger partial charge in [-0.15, -0.1) is 0 Å². The second-order valence-corrected chi connectivity index (χ2v) is 3.36. The highest BCUT2D eigenvalue weighted by Gasteiger charge is 2.17. The molecule has 0 heterocycles. The molecule has 0 saturated carbocycles. The Hall–Kier alpha value is -2.90. The summed E-state index contributed by atoms with van der Waals surface area (Å²) in [5.74, 6) is -1.02. The molecular formula is C12H12N2O6. The molecule has 20 heavy (non-hydrogen) atoms. The summed E-state index contributed by atoms with van der Waals surface area (Å²) in [5.41, 5.74) is -0.375. The monoisotopic (exact) mass is 280 g/mol. The molecule has 0 unspecified atom stereocenters. The van der Waals surface area contributed by atoms with Crippen LogP contribution >= 0.6 is 0 Å². The highest BCUT2D eigenvalue weighted by atomic mass is 16.6. The van der Waals surface area contributed by atoms with E-state index < -0.39 is 16.9 Å². The van der Waals surface area contributed by atoms with Crippen LogP contribution in [0.5, 0.6) is 5.75 Å². The zero-order valence-corrected chi connectivity index (χ0v) is 10.6. The number of carbonyl (C=O) groups is 2. The quantitative estimate of drug-likeness (QED) is 0.381. The van der Waals surface area contributed by atoms with Crippen molar-refractivity contribution in [1.29, 1.82) is 0 Å². The number of nitrogens with zero attached hydrogens (tertiary/aromatic N) is 1. The third-order valence-electron chi connectivity index (χ3n) is 1.97. The first kappa shape index (κ1) is 15.2. The first-order valence-corrected chi connectivity index (χ1v) is 5.59. The summed E-state index contributed by atoms with van der Waals surface area (Å²) in [6.45, 7) is 2.11. The standard InChI is InChI=1S/C12H12N2O6/c1-2-19-8-7-11(15)13-12(16)20-10-6-4-3-5-9(10)14(17)18/h3-8H,2H2,1H3,(H,13,15,16)/b8-7+. The summed E-state index contributed by atoms with van der Waals surface area (Å²) in [5, 5.41) is 12.6. The molecule has 0 atom stereocenters. The number of amides is 2. The van der Waals surface area contributed by atoms with Crippen molar-refractivity contribution in [2.75, 3.05) is 6.61 Å². The zero-order chi connectivity index (χ0) is 15.0. The van der Waals surface area contributed by atoms with Crippen molar-refractivity contribution in [3.63, 3.8) is 0 Å². The average molecular weight is 280 g/mol. The summed E-state index contributed by atoms with van der Waals surface area (Å²) in [7, 11) is 0. The molecule has 0 aliphatic carbocycles. The first-order chi connectivity index (χ1) is 9.54. The maximum absolute atomic E-state index is 11.4. The van der Waals surface area contributed by atoms with Crippen molar-refractivity contribution >= 4 is 17.7 Å². The Kier molecular flexibility index (Phi) is 5.70. The molecular weight excluding hydrogens is 268 g/mol. The molecule has 2 amide bonds. The minimum absolute atomic E-state index is 0.253. The smallest absolute Gasteiger partial charge is 0.419 e. The van der Waals surface area contributed by atoms with Crippen molar-refractivity contribution in [1.82, 2.24) is 5.32 Å². The van der Waals surface area contributed by atoms with Gasteiger partial charge in [-0.2, -0.15) is 0 Å². The summed E-state index contributed by atoms with van der Waals surface area (Å²) in [4.78, 5) is 32.6. The maximum atomic E-state index is 11.4. The maximum Gasteiger partial charge on any atom is 0.419 e. The third-order valence-corrected chi connectivity index (χ3v) is 1.97. The highest BCUT2D eigenvalue weighted by Crippen LogP contribution is 2.25. The Labute approximate surface area is 114 Å². The average Bonchev–Trinajstić information content (AvgIpc) is 2.39. The predicted molar refractivity (Wildman–Crippen MR) is 68.0 cm³/mol. The molecule has 1 N–H and O–H groups in total. The number of hydrogen-bond donors (Lipinski definition) is 1. The van der Waals surface area contributed by atoms with E-state index in [0.717, 1.165) is 12.3 Å². The Balaban J connectivity index is 2.63. The van der Waals surface area contributed by atoms with E-state index in [9.17, 15) is 19.7 Å². The Morgan fingerprint density at radius 1 is 1.40 bits per heavy atom. The number of para-hydroxylation sites is 2. The van der Waals surface area contributed by atoms with Crippen LogP contribution in [0.1, 0.15) is 6.92 Å². The van der Waals surface area contributed by atoms with Crippen LogP contribution in [-0.4, -0.2) is 23.5 Å². The van der Waals surface area contributed by atoms with E-state index >= 15 is 0 Å². The van der Waals surface area contributed by atoms with Gasteiger partial charge in [0, 0.05) is 12.1 Å². The molecule has 0 aliphatic rings. The van der Waals surface area contributed by atoms with E-state index in [0.29, 0.717) is 6.61 Å². The molecule has 1 rings (SSSR count). The molecule has 8 nitrogen and oxygen atoms in total. The summed E-state index contributed by atoms with van der Waals surface area (Å²) in [6, 6.07) is 5.32. The molecule has 0 fully saturated rings. The fourth-order valence-corrected chi connectivity index (χ4v) is 1.17. The van der Waals surface area contributed by atoms with Crippen molar-refractivity contribution < 1.29 is 24.0 Å². The predicted octanol–water partition coefficient (Wildman–Crippen LogP) is 1.76. The van der Waals surface area contributed by atoms with Crippen molar-refractivity contribution in [2.24, 2.45) is 0 Å². The van der Waals surface area contributed by atoms with E-state index in [1.165, 1.54) is 24.3 Å². The van der Waals surface area contributed by atoms with Crippen LogP contribution in [0.15, 0.2) is 36.6 Å². The summed E-state index contributed by atoms with van der Waals surface area (Å²) in [6.07, 6.45) is 0.989. The lowest BCUT2D eigenvalue weighted by Crippen LogP contribution is -2.31. The molecule has 0 aromatic heterocycles. The molecule has 8 heteroatoms. The van der Waals surface area contributed by atoms with Gasteiger partial charge in [0.25, 0.3) is 5.91 Å². The second kappa shape index (κ2) is 7.52. The number of carbonyl (C=O) groups excluding carboxylic acids is 2. The Morgan fingerprint density at radius 2 is 2.10 bits per heavy atom. The first-order valence-electron chi connectivity index (χ1n) is 5.59. The largest absolute Gasteiger partial charge is 0.501 e. The highest BCUT2D eigenvalue weighted by molar-refractivity contribution is 5.98. The van der Waals surface area contributed by atoms with Gasteiger partial charge in [-0.1, -0.05) is 12.1 Å². The van der Waals surface area contributed by atoms with Crippen LogP contribution in [0.25, 0.3) is 0 Å². The van der Waals surface area contributed by atoms with E-state index in [1.54, 1.807) is 6.92 Å². The number of rotatable bonds is 5. The number of benzene rings is 1. The fourth-order valence-electron chi connectivity index (χ4n) is 1.17. The lowest BCUT2D eigenvalue weighted by molar-refractivity contribution is -0.385. The van der Waals surface area contributed by atoms with Crippen LogP contribution in [0.3, 0.4) is 0 Å². The number of hydrogen-bond acceptors (Lipinski definition) is 6. The van der Waals surface area contributed by atoms with Crippen molar-refractivity contribution in [3.05, 3.63) is 46.7 Å². The zero-order valence-electron chi connectivity index (χ0n) is 10.6. The second-order valence-electron chi connectivity index (χ2n) is 3.36.